The number of carbonyl (C=O) groups is 2. The average Bonchev–Trinajstić information content (AvgIpc) is 3.38. The summed E-state index contributed by atoms with van der Waals surface area (Å²) in [5.41, 5.74) is 0.992. The summed E-state index contributed by atoms with van der Waals surface area (Å²) in [4.78, 5) is 25.7. The molecule has 2 heterocycles. The van der Waals surface area contributed by atoms with Crippen molar-refractivity contribution in [2.45, 2.75) is 33.0 Å². The Hall–Kier alpha value is -3.40. The van der Waals surface area contributed by atoms with Crippen molar-refractivity contribution in [1.82, 2.24) is 9.62 Å². The highest BCUT2D eigenvalue weighted by atomic mass is 32.2. The van der Waals surface area contributed by atoms with Gasteiger partial charge in [0.25, 0.3) is 5.91 Å². The van der Waals surface area contributed by atoms with Crippen molar-refractivity contribution in [2.75, 3.05) is 23.9 Å². The number of nitrogens with one attached hydrogen (secondary N) is 1. The zero-order valence-corrected chi connectivity index (χ0v) is 20.0. The molecule has 2 amide bonds. The van der Waals surface area contributed by atoms with Gasteiger partial charge in [0.2, 0.25) is 11.2 Å². The summed E-state index contributed by atoms with van der Waals surface area (Å²) in [6.45, 7) is 5.68. The summed E-state index contributed by atoms with van der Waals surface area (Å²) in [5.74, 6) is -0.987. The van der Waals surface area contributed by atoms with Crippen molar-refractivity contribution in [3.8, 4) is 5.75 Å². The largest absolute Gasteiger partial charge is 0.487 e. The minimum Gasteiger partial charge on any atom is -0.487 e. The predicted molar refractivity (Wildman–Crippen MR) is 127 cm³/mol. The molecule has 1 saturated heterocycles. The van der Waals surface area contributed by atoms with E-state index in [-0.39, 0.29) is 43.2 Å². The monoisotopic (exact) mass is 487 g/mol. The highest BCUT2D eigenvalue weighted by Gasteiger charge is 2.34. The van der Waals surface area contributed by atoms with Crippen LogP contribution in [-0.2, 0) is 27.3 Å². The van der Waals surface area contributed by atoms with Gasteiger partial charge in [0, 0.05) is 18.7 Å². The maximum atomic E-state index is 15.9. The first-order chi connectivity index (χ1) is 16.1. The zero-order valence-electron chi connectivity index (χ0n) is 19.2. The van der Waals surface area contributed by atoms with Crippen molar-refractivity contribution in [2.24, 2.45) is 0 Å². The van der Waals surface area contributed by atoms with Gasteiger partial charge >= 0.3 is 6.09 Å². The van der Waals surface area contributed by atoms with Gasteiger partial charge in [0.15, 0.2) is 5.82 Å². The highest BCUT2D eigenvalue weighted by molar-refractivity contribution is 7.85. The first-order valence-electron chi connectivity index (χ1n) is 10.8. The molecule has 1 N–H and O–H groups in total. The van der Waals surface area contributed by atoms with Crippen molar-refractivity contribution in [3.63, 3.8) is 0 Å². The number of carbonyl (C=O) groups excluding carboxylic acids is 2. The van der Waals surface area contributed by atoms with Crippen LogP contribution in [0.3, 0.4) is 0 Å². The van der Waals surface area contributed by atoms with Gasteiger partial charge in [-0.15, -0.1) is 0 Å². The molecule has 2 aliphatic rings. The molecule has 0 aliphatic carbocycles. The van der Waals surface area contributed by atoms with Crippen LogP contribution in [0.4, 0.5) is 14.9 Å². The molecule has 1 fully saturated rings. The minimum absolute atomic E-state index is 0.0678. The number of hydrogen-bond acceptors (Lipinski definition) is 5. The normalized spacial score (nSPS) is 18.1. The lowest BCUT2D eigenvalue weighted by Gasteiger charge is -2.25. The van der Waals surface area contributed by atoms with Crippen molar-refractivity contribution >= 4 is 34.4 Å². The number of hydrogen-bond donors (Lipinski definition) is 1. The van der Waals surface area contributed by atoms with Gasteiger partial charge in [-0.3, -0.25) is 13.8 Å². The fourth-order valence-corrected chi connectivity index (χ4v) is 4.57. The molecular weight excluding hydrogens is 461 g/mol. The molecule has 0 bridgehead atoms. The van der Waals surface area contributed by atoms with E-state index in [2.05, 4.69) is 4.72 Å². The van der Waals surface area contributed by atoms with Crippen LogP contribution in [0.2, 0.25) is 0 Å². The molecule has 10 heteroatoms. The lowest BCUT2D eigenvalue weighted by molar-refractivity contribution is -0.117. The van der Waals surface area contributed by atoms with Crippen LogP contribution in [0.15, 0.2) is 48.5 Å². The SMILES string of the molecule is CC(C)(C)OC(=O)N1CC=C(c2ccc(OCc3ccccc3)c(N3CC(=O)NS3=O)c2F)C1. The molecule has 180 valence electrons. The maximum absolute atomic E-state index is 15.9. The predicted octanol–water partition coefficient (Wildman–Crippen LogP) is 3.55. The maximum Gasteiger partial charge on any atom is 0.410 e. The molecular formula is C24H26FN3O5S. The summed E-state index contributed by atoms with van der Waals surface area (Å²) >= 11 is -1.94. The fraction of sp³-hybridized carbons (Fsp3) is 0.333. The Morgan fingerprint density at radius 2 is 1.88 bits per heavy atom. The molecule has 2 aromatic rings. The Morgan fingerprint density at radius 3 is 2.53 bits per heavy atom. The van der Waals surface area contributed by atoms with E-state index in [9.17, 15) is 13.8 Å². The second-order valence-corrected chi connectivity index (χ2v) is 10.1. The van der Waals surface area contributed by atoms with E-state index < -0.39 is 34.6 Å². The van der Waals surface area contributed by atoms with Gasteiger partial charge < -0.3 is 14.4 Å². The second kappa shape index (κ2) is 9.46. The first-order valence-corrected chi connectivity index (χ1v) is 11.9. The zero-order chi connectivity index (χ0) is 24.5. The molecule has 0 spiro atoms. The van der Waals surface area contributed by atoms with Crippen LogP contribution in [0.1, 0.15) is 31.9 Å². The Kier molecular flexibility index (Phi) is 6.60. The number of benzene rings is 2. The van der Waals surface area contributed by atoms with Crippen LogP contribution in [0, 0.1) is 5.82 Å². The van der Waals surface area contributed by atoms with Crippen LogP contribution < -0.4 is 13.8 Å². The molecule has 2 aromatic carbocycles. The molecule has 0 saturated carbocycles. The Morgan fingerprint density at radius 1 is 1.15 bits per heavy atom. The first kappa shape index (κ1) is 23.7. The summed E-state index contributed by atoms with van der Waals surface area (Å²) in [7, 11) is 0. The van der Waals surface area contributed by atoms with E-state index in [1.54, 1.807) is 39.0 Å². The summed E-state index contributed by atoms with van der Waals surface area (Å²) in [6.07, 6.45) is 1.26. The Balaban J connectivity index is 1.62. The van der Waals surface area contributed by atoms with Crippen molar-refractivity contribution in [3.05, 3.63) is 65.5 Å². The topological polar surface area (TPSA) is 88.2 Å². The Bertz CT molecular complexity index is 1160. The fourth-order valence-electron chi connectivity index (χ4n) is 3.63. The number of amides is 2. The molecule has 2 aliphatic heterocycles. The molecule has 0 radical (unpaired) electrons. The molecule has 1 unspecified atom stereocenters. The third-order valence-corrected chi connectivity index (χ3v) is 6.29. The number of nitrogens with zero attached hydrogens (tertiary/aromatic N) is 2. The smallest absolute Gasteiger partial charge is 0.410 e. The molecule has 1 atom stereocenters. The number of rotatable bonds is 5. The van der Waals surface area contributed by atoms with Gasteiger partial charge in [0.05, 0.1) is 0 Å². The van der Waals surface area contributed by atoms with Crippen LogP contribution in [-0.4, -0.2) is 46.3 Å². The minimum atomic E-state index is -1.94. The third kappa shape index (κ3) is 5.22. The van der Waals surface area contributed by atoms with Gasteiger partial charge in [0.1, 0.15) is 30.2 Å². The molecule has 4 rings (SSSR count). The van der Waals surface area contributed by atoms with Crippen LogP contribution >= 0.6 is 0 Å². The van der Waals surface area contributed by atoms with Gasteiger partial charge in [-0.1, -0.05) is 36.4 Å². The summed E-state index contributed by atoms with van der Waals surface area (Å²) < 4.78 is 43.1. The lowest BCUT2D eigenvalue weighted by atomic mass is 10.0. The highest BCUT2D eigenvalue weighted by Crippen LogP contribution is 2.38. The van der Waals surface area contributed by atoms with Crippen molar-refractivity contribution in [1.29, 1.82) is 0 Å². The number of ether oxygens (including phenoxy) is 2. The summed E-state index contributed by atoms with van der Waals surface area (Å²) in [5, 5.41) is 0. The Labute approximate surface area is 200 Å². The van der Waals surface area contributed by atoms with Gasteiger partial charge in [-0.25, -0.2) is 13.4 Å². The third-order valence-electron chi connectivity index (χ3n) is 5.17. The average molecular weight is 488 g/mol. The lowest BCUT2D eigenvalue weighted by Crippen LogP contribution is -2.35. The van der Waals surface area contributed by atoms with Crippen LogP contribution in [0.25, 0.3) is 5.57 Å². The van der Waals surface area contributed by atoms with E-state index in [1.807, 2.05) is 30.3 Å². The quantitative estimate of drug-likeness (QED) is 0.697. The number of anilines is 1. The second-order valence-electron chi connectivity index (χ2n) is 8.95. The van der Waals surface area contributed by atoms with E-state index >= 15 is 4.39 Å². The van der Waals surface area contributed by atoms with Crippen LogP contribution in [0.5, 0.6) is 5.75 Å². The van der Waals surface area contributed by atoms with Crippen molar-refractivity contribution < 1.29 is 27.7 Å². The van der Waals surface area contributed by atoms with E-state index in [0.29, 0.717) is 5.57 Å². The number of halogens is 1. The van der Waals surface area contributed by atoms with E-state index in [1.165, 1.54) is 4.90 Å². The standard InChI is InChI=1S/C24H26FN3O5S/c1-24(2,3)33-23(30)27-12-11-17(13-27)18-9-10-19(32-15-16-7-5-4-6-8-16)22(21(18)25)28-14-20(29)26-34(28)31/h4-11H,12-15H2,1-3H3,(H,26,29). The molecule has 34 heavy (non-hydrogen) atoms. The molecule has 8 nitrogen and oxygen atoms in total. The van der Waals surface area contributed by atoms with E-state index in [4.69, 9.17) is 9.47 Å². The van der Waals surface area contributed by atoms with E-state index in [0.717, 1.165) is 9.87 Å². The summed E-state index contributed by atoms with van der Waals surface area (Å²) in [6, 6.07) is 12.5. The molecule has 0 aromatic heterocycles. The van der Waals surface area contributed by atoms with Gasteiger partial charge in [-0.2, -0.15) is 0 Å². The van der Waals surface area contributed by atoms with Gasteiger partial charge in [-0.05, 0) is 44.0 Å².